The van der Waals surface area contributed by atoms with Crippen LogP contribution >= 0.6 is 11.3 Å². The molecule has 0 atom stereocenters. The third kappa shape index (κ3) is 5.43. The van der Waals surface area contributed by atoms with Crippen molar-refractivity contribution >= 4 is 23.3 Å². The minimum Gasteiger partial charge on any atom is -0.333 e. The lowest BCUT2D eigenvalue weighted by molar-refractivity contribution is -0.120. The fourth-order valence-corrected chi connectivity index (χ4v) is 1.86. The first kappa shape index (κ1) is 14.2. The molecule has 1 rings (SSSR count). The van der Waals surface area contributed by atoms with E-state index in [0.29, 0.717) is 6.54 Å². The predicted octanol–water partition coefficient (Wildman–Crippen LogP) is 0.529. The number of rotatable bonds is 5. The summed E-state index contributed by atoms with van der Waals surface area (Å²) in [5.41, 5.74) is 0. The summed E-state index contributed by atoms with van der Waals surface area (Å²) >= 11 is 1.53. The normalized spacial score (nSPS) is 9.83. The van der Waals surface area contributed by atoms with Gasteiger partial charge in [0.25, 0.3) is 0 Å². The van der Waals surface area contributed by atoms with Crippen LogP contribution in [0, 0.1) is 11.3 Å². The summed E-state index contributed by atoms with van der Waals surface area (Å²) < 4.78 is 0. The molecule has 1 heterocycles. The van der Waals surface area contributed by atoms with Crippen LogP contribution in [0.3, 0.4) is 0 Å². The molecule has 0 saturated heterocycles. The Morgan fingerprint density at radius 2 is 2.33 bits per heavy atom. The van der Waals surface area contributed by atoms with Gasteiger partial charge in [-0.1, -0.05) is 6.07 Å². The fourth-order valence-electron chi connectivity index (χ4n) is 1.21. The van der Waals surface area contributed by atoms with E-state index in [2.05, 4.69) is 10.6 Å². The van der Waals surface area contributed by atoms with Crippen molar-refractivity contribution in [3.05, 3.63) is 22.4 Å². The first-order chi connectivity index (χ1) is 8.61. The van der Waals surface area contributed by atoms with E-state index in [1.807, 2.05) is 23.6 Å². The van der Waals surface area contributed by atoms with Gasteiger partial charge in [-0.05, 0) is 18.5 Å². The highest BCUT2D eigenvalue weighted by Crippen LogP contribution is 2.06. The third-order valence-corrected chi connectivity index (χ3v) is 2.89. The van der Waals surface area contributed by atoms with Crippen molar-refractivity contribution in [1.82, 2.24) is 15.5 Å². The highest BCUT2D eigenvalue weighted by Gasteiger charge is 2.09. The van der Waals surface area contributed by atoms with E-state index in [1.54, 1.807) is 7.05 Å². The van der Waals surface area contributed by atoms with Gasteiger partial charge in [0.15, 0.2) is 0 Å². The van der Waals surface area contributed by atoms with Crippen molar-refractivity contribution in [2.45, 2.75) is 6.54 Å². The number of thiophene rings is 1. The maximum atomic E-state index is 11.4. The Morgan fingerprint density at radius 1 is 1.56 bits per heavy atom. The van der Waals surface area contributed by atoms with Crippen LogP contribution < -0.4 is 10.6 Å². The molecule has 0 bridgehead atoms. The first-order valence-electron chi connectivity index (χ1n) is 5.27. The maximum Gasteiger partial charge on any atom is 0.321 e. The molecule has 18 heavy (non-hydrogen) atoms. The number of urea groups is 1. The van der Waals surface area contributed by atoms with E-state index >= 15 is 0 Å². The SMILES string of the molecule is CN(CC#N)CC(=O)NC(=O)NCc1cccs1. The quantitative estimate of drug-likeness (QED) is 0.761. The Morgan fingerprint density at radius 3 is 2.94 bits per heavy atom. The van der Waals surface area contributed by atoms with Crippen LogP contribution in [0.5, 0.6) is 0 Å². The van der Waals surface area contributed by atoms with Crippen LogP contribution in [0.2, 0.25) is 0 Å². The number of amides is 3. The number of carbonyl (C=O) groups is 2. The number of hydrogen-bond donors (Lipinski definition) is 2. The maximum absolute atomic E-state index is 11.4. The van der Waals surface area contributed by atoms with E-state index in [0.717, 1.165) is 4.88 Å². The van der Waals surface area contributed by atoms with E-state index in [1.165, 1.54) is 16.2 Å². The smallest absolute Gasteiger partial charge is 0.321 e. The van der Waals surface area contributed by atoms with Gasteiger partial charge in [-0.15, -0.1) is 11.3 Å². The summed E-state index contributed by atoms with van der Waals surface area (Å²) in [6.07, 6.45) is 0. The summed E-state index contributed by atoms with van der Waals surface area (Å²) in [5, 5.41) is 15.1. The molecular weight excluding hydrogens is 252 g/mol. The average Bonchev–Trinajstić information content (AvgIpc) is 2.79. The van der Waals surface area contributed by atoms with Gasteiger partial charge in [-0.2, -0.15) is 5.26 Å². The first-order valence-corrected chi connectivity index (χ1v) is 6.15. The summed E-state index contributed by atoms with van der Waals surface area (Å²) in [6, 6.07) is 5.17. The van der Waals surface area contributed by atoms with Gasteiger partial charge in [-0.25, -0.2) is 4.79 Å². The molecule has 0 aromatic carbocycles. The van der Waals surface area contributed by atoms with E-state index in [9.17, 15) is 9.59 Å². The highest BCUT2D eigenvalue weighted by atomic mass is 32.1. The van der Waals surface area contributed by atoms with Crippen LogP contribution in [-0.2, 0) is 11.3 Å². The molecule has 1 aromatic heterocycles. The zero-order valence-corrected chi connectivity index (χ0v) is 10.8. The number of carbonyl (C=O) groups excluding carboxylic acids is 2. The molecule has 2 N–H and O–H groups in total. The molecule has 3 amide bonds. The molecule has 0 fully saturated rings. The Balaban J connectivity index is 2.23. The standard InChI is InChI=1S/C11H14N4O2S/c1-15(5-4-12)8-10(16)14-11(17)13-7-9-3-2-6-18-9/h2-3,6H,5,7-8H2,1H3,(H2,13,14,16,17). The van der Waals surface area contributed by atoms with Crippen molar-refractivity contribution in [3.63, 3.8) is 0 Å². The minimum atomic E-state index is -0.529. The van der Waals surface area contributed by atoms with Crippen LogP contribution in [0.1, 0.15) is 4.88 Å². The molecule has 0 aliphatic heterocycles. The monoisotopic (exact) mass is 266 g/mol. The second kappa shape index (κ2) is 7.42. The summed E-state index contributed by atoms with van der Waals surface area (Å²) in [6.45, 7) is 0.551. The lowest BCUT2D eigenvalue weighted by Gasteiger charge is -2.11. The fraction of sp³-hybridized carbons (Fsp3) is 0.364. The molecule has 0 saturated carbocycles. The Labute approximate surface area is 109 Å². The summed E-state index contributed by atoms with van der Waals surface area (Å²) in [4.78, 5) is 25.3. The van der Waals surface area contributed by atoms with Crippen molar-refractivity contribution in [2.75, 3.05) is 20.1 Å². The molecule has 6 nitrogen and oxygen atoms in total. The third-order valence-electron chi connectivity index (χ3n) is 2.01. The van der Waals surface area contributed by atoms with Crippen molar-refractivity contribution < 1.29 is 9.59 Å². The van der Waals surface area contributed by atoms with Gasteiger partial charge in [0, 0.05) is 4.88 Å². The Hall–Kier alpha value is -1.91. The predicted molar refractivity (Wildman–Crippen MR) is 67.8 cm³/mol. The van der Waals surface area contributed by atoms with Crippen molar-refractivity contribution in [1.29, 1.82) is 5.26 Å². The molecule has 0 unspecified atom stereocenters. The molecule has 1 aromatic rings. The molecule has 0 radical (unpaired) electrons. The summed E-state index contributed by atoms with van der Waals surface area (Å²) in [5.74, 6) is -0.434. The van der Waals surface area contributed by atoms with E-state index < -0.39 is 11.9 Å². The van der Waals surface area contributed by atoms with Crippen LogP contribution in [-0.4, -0.2) is 37.0 Å². The minimum absolute atomic E-state index is 0.0139. The second-order valence-corrected chi connectivity index (χ2v) is 4.67. The average molecular weight is 266 g/mol. The number of nitrogens with one attached hydrogen (secondary N) is 2. The number of hydrogen-bond acceptors (Lipinski definition) is 5. The molecule has 0 aliphatic rings. The summed E-state index contributed by atoms with van der Waals surface area (Å²) in [7, 11) is 1.63. The number of likely N-dealkylation sites (N-methyl/N-ethyl adjacent to an activating group) is 1. The number of nitriles is 1. The van der Waals surface area contributed by atoms with Gasteiger partial charge in [0.05, 0.1) is 25.7 Å². The second-order valence-electron chi connectivity index (χ2n) is 3.64. The molecule has 7 heteroatoms. The van der Waals surface area contributed by atoms with Crippen LogP contribution in [0.25, 0.3) is 0 Å². The van der Waals surface area contributed by atoms with Crippen LogP contribution in [0.4, 0.5) is 4.79 Å². The number of nitrogens with zero attached hydrogens (tertiary/aromatic N) is 2. The van der Waals surface area contributed by atoms with Crippen molar-refractivity contribution in [2.24, 2.45) is 0 Å². The lowest BCUT2D eigenvalue weighted by atomic mass is 10.4. The molecular formula is C11H14N4O2S. The van der Waals surface area contributed by atoms with Gasteiger partial charge >= 0.3 is 6.03 Å². The topological polar surface area (TPSA) is 85.2 Å². The Kier molecular flexibility index (Phi) is 5.84. The van der Waals surface area contributed by atoms with E-state index in [-0.39, 0.29) is 13.1 Å². The zero-order chi connectivity index (χ0) is 13.4. The largest absolute Gasteiger partial charge is 0.333 e. The van der Waals surface area contributed by atoms with Gasteiger partial charge < -0.3 is 5.32 Å². The van der Waals surface area contributed by atoms with Crippen LogP contribution in [0.15, 0.2) is 17.5 Å². The lowest BCUT2D eigenvalue weighted by Crippen LogP contribution is -2.43. The van der Waals surface area contributed by atoms with Gasteiger partial charge in [0.1, 0.15) is 0 Å². The molecule has 96 valence electrons. The van der Waals surface area contributed by atoms with Gasteiger partial charge in [0.2, 0.25) is 5.91 Å². The molecule has 0 aliphatic carbocycles. The van der Waals surface area contributed by atoms with Crippen molar-refractivity contribution in [3.8, 4) is 6.07 Å². The molecule has 0 spiro atoms. The zero-order valence-electron chi connectivity index (χ0n) is 9.97. The highest BCUT2D eigenvalue weighted by molar-refractivity contribution is 7.09. The Bertz CT molecular complexity index is 438. The van der Waals surface area contributed by atoms with E-state index in [4.69, 9.17) is 5.26 Å². The van der Waals surface area contributed by atoms with Gasteiger partial charge in [-0.3, -0.25) is 15.0 Å². The number of imide groups is 1.